The third-order valence-electron chi connectivity index (χ3n) is 5.24. The van der Waals surface area contributed by atoms with Crippen LogP contribution in [0, 0.1) is 0 Å². The molecule has 1 aromatic carbocycles. The summed E-state index contributed by atoms with van der Waals surface area (Å²) in [7, 11) is 1.77. The van der Waals surface area contributed by atoms with E-state index in [0.717, 1.165) is 12.0 Å². The van der Waals surface area contributed by atoms with Gasteiger partial charge in [-0.1, -0.05) is 39.3 Å². The molecule has 9 heteroatoms. The van der Waals surface area contributed by atoms with E-state index in [2.05, 4.69) is 15.3 Å². The number of aromatic nitrogens is 2. The normalized spacial score (nSPS) is 15.7. The van der Waals surface area contributed by atoms with Crippen LogP contribution in [-0.4, -0.2) is 69.5 Å². The Kier molecular flexibility index (Phi) is 9.74. The molecule has 1 fully saturated rings. The summed E-state index contributed by atoms with van der Waals surface area (Å²) in [6.07, 6.45) is 3.96. The molecule has 1 atom stereocenters. The van der Waals surface area contributed by atoms with Gasteiger partial charge in [0, 0.05) is 43.7 Å². The fourth-order valence-electron chi connectivity index (χ4n) is 3.64. The highest BCUT2D eigenvalue weighted by Gasteiger charge is 2.35. The maximum Gasteiger partial charge on any atom is 0.414 e. The number of nitrogens with one attached hydrogen (secondary N) is 1. The highest BCUT2D eigenvalue weighted by molar-refractivity contribution is 5.99. The number of likely N-dealkylation sites (N-methyl/N-ethyl adjacent to an activating group) is 1. The van der Waals surface area contributed by atoms with E-state index in [1.807, 2.05) is 26.8 Å². The van der Waals surface area contributed by atoms with Gasteiger partial charge in [-0.2, -0.15) is 0 Å². The Morgan fingerprint density at radius 3 is 2.37 bits per heavy atom. The lowest BCUT2D eigenvalue weighted by atomic mass is 10.0. The number of piperazine rings is 1. The van der Waals surface area contributed by atoms with Gasteiger partial charge in [0.1, 0.15) is 11.6 Å². The van der Waals surface area contributed by atoms with Crippen LogP contribution in [0.1, 0.15) is 64.7 Å². The molecule has 1 saturated heterocycles. The van der Waals surface area contributed by atoms with E-state index < -0.39 is 17.7 Å². The molecule has 3 amide bonds. The summed E-state index contributed by atoms with van der Waals surface area (Å²) in [5.74, 6) is -0.0615. The zero-order valence-corrected chi connectivity index (χ0v) is 21.8. The number of ether oxygens (including phenoxy) is 1. The van der Waals surface area contributed by atoms with Crippen LogP contribution >= 0.6 is 0 Å². The van der Waals surface area contributed by atoms with E-state index >= 15 is 0 Å². The van der Waals surface area contributed by atoms with Crippen LogP contribution in [0.3, 0.4) is 0 Å². The fourth-order valence-corrected chi connectivity index (χ4v) is 3.64. The number of rotatable bonds is 5. The molecule has 190 valence electrons. The number of benzene rings is 1. The Morgan fingerprint density at radius 2 is 1.77 bits per heavy atom. The van der Waals surface area contributed by atoms with Gasteiger partial charge in [0.2, 0.25) is 11.9 Å². The maximum absolute atomic E-state index is 13.3. The summed E-state index contributed by atoms with van der Waals surface area (Å²) >= 11 is 0. The molecule has 0 aliphatic carbocycles. The summed E-state index contributed by atoms with van der Waals surface area (Å²) in [5.41, 5.74) is 1.33. The molecule has 2 aromatic rings. The van der Waals surface area contributed by atoms with Gasteiger partial charge in [-0.3, -0.25) is 14.9 Å². The van der Waals surface area contributed by atoms with E-state index in [4.69, 9.17) is 4.74 Å². The number of nitrogens with zero attached hydrogens (tertiary/aromatic N) is 4. The second kappa shape index (κ2) is 12.3. The van der Waals surface area contributed by atoms with Crippen molar-refractivity contribution >= 4 is 23.9 Å². The summed E-state index contributed by atoms with van der Waals surface area (Å²) in [6.45, 7) is 12.3. The van der Waals surface area contributed by atoms with Crippen molar-refractivity contribution in [3.05, 3.63) is 42.2 Å². The van der Waals surface area contributed by atoms with Gasteiger partial charge < -0.3 is 14.5 Å². The lowest BCUT2D eigenvalue weighted by Gasteiger charge is -2.39. The van der Waals surface area contributed by atoms with Crippen molar-refractivity contribution in [3.63, 3.8) is 0 Å². The molecule has 0 spiro atoms. The SMILES string of the molecule is CC.CCCC1C(=O)N(C)CCN1C(=O)c1cccc(-c2cnc(NC(=O)OC(C)(C)C)nc2)c1. The van der Waals surface area contributed by atoms with Crippen molar-refractivity contribution < 1.29 is 19.1 Å². The Bertz CT molecular complexity index is 1020. The Balaban J connectivity index is 0.00000210. The molecular weight excluding hydrogens is 446 g/mol. The lowest BCUT2D eigenvalue weighted by Crippen LogP contribution is -2.57. The minimum atomic E-state index is -0.633. The Labute approximate surface area is 207 Å². The van der Waals surface area contributed by atoms with E-state index in [1.165, 1.54) is 0 Å². The van der Waals surface area contributed by atoms with E-state index in [9.17, 15) is 14.4 Å². The van der Waals surface area contributed by atoms with Crippen LogP contribution < -0.4 is 5.32 Å². The predicted molar refractivity (Wildman–Crippen MR) is 136 cm³/mol. The van der Waals surface area contributed by atoms with Gasteiger partial charge in [-0.05, 0) is 44.9 Å². The molecular formula is C26H37N5O4. The number of hydrogen-bond acceptors (Lipinski definition) is 6. The summed E-state index contributed by atoms with van der Waals surface area (Å²) in [5, 5.41) is 2.49. The largest absolute Gasteiger partial charge is 0.444 e. The minimum Gasteiger partial charge on any atom is -0.444 e. The quantitative estimate of drug-likeness (QED) is 0.666. The molecule has 1 unspecified atom stereocenters. The third-order valence-corrected chi connectivity index (χ3v) is 5.24. The summed E-state index contributed by atoms with van der Waals surface area (Å²) < 4.78 is 5.20. The molecule has 2 heterocycles. The molecule has 1 aromatic heterocycles. The van der Waals surface area contributed by atoms with Gasteiger partial charge >= 0.3 is 6.09 Å². The van der Waals surface area contributed by atoms with Crippen LogP contribution in [0.4, 0.5) is 10.7 Å². The van der Waals surface area contributed by atoms with Crippen LogP contribution in [-0.2, 0) is 9.53 Å². The summed E-state index contributed by atoms with van der Waals surface area (Å²) in [4.78, 5) is 49.5. The smallest absolute Gasteiger partial charge is 0.414 e. The molecule has 0 saturated carbocycles. The first-order valence-corrected chi connectivity index (χ1v) is 12.1. The molecule has 1 N–H and O–H groups in total. The molecule has 35 heavy (non-hydrogen) atoms. The number of carbonyl (C=O) groups is 3. The highest BCUT2D eigenvalue weighted by atomic mass is 16.6. The average Bonchev–Trinajstić information content (AvgIpc) is 2.82. The molecule has 1 aliphatic heterocycles. The molecule has 1 aliphatic rings. The van der Waals surface area contributed by atoms with E-state index in [0.29, 0.717) is 30.6 Å². The fraction of sp³-hybridized carbons (Fsp3) is 0.500. The highest BCUT2D eigenvalue weighted by Crippen LogP contribution is 2.23. The first kappa shape index (κ1) is 27.8. The number of amides is 3. The van der Waals surface area contributed by atoms with Crippen molar-refractivity contribution in [2.24, 2.45) is 0 Å². The standard InChI is InChI=1S/C24H31N5O4.C2H6/c1-6-8-19-21(31)28(5)11-12-29(19)20(30)17-10-7-9-16(13-17)18-14-25-22(26-15-18)27-23(32)33-24(2,3)4;1-2/h7,9-10,13-15,19H,6,8,11-12H2,1-5H3,(H,25,26,27,32);1-2H3. The van der Waals surface area contributed by atoms with Crippen molar-refractivity contribution in [1.82, 2.24) is 19.8 Å². The van der Waals surface area contributed by atoms with E-state index in [-0.39, 0.29) is 17.8 Å². The molecule has 0 bridgehead atoms. The second-order valence-electron chi connectivity index (χ2n) is 9.07. The lowest BCUT2D eigenvalue weighted by molar-refractivity contribution is -0.138. The Hall–Kier alpha value is -3.49. The average molecular weight is 484 g/mol. The van der Waals surface area contributed by atoms with Crippen LogP contribution in [0.5, 0.6) is 0 Å². The zero-order valence-electron chi connectivity index (χ0n) is 21.8. The van der Waals surface area contributed by atoms with Crippen molar-refractivity contribution in [3.8, 4) is 11.1 Å². The number of anilines is 1. The molecule has 9 nitrogen and oxygen atoms in total. The van der Waals surface area contributed by atoms with Crippen LogP contribution in [0.15, 0.2) is 36.7 Å². The predicted octanol–water partition coefficient (Wildman–Crippen LogP) is 4.60. The van der Waals surface area contributed by atoms with Gasteiger partial charge in [0.25, 0.3) is 5.91 Å². The van der Waals surface area contributed by atoms with Gasteiger partial charge in [0.15, 0.2) is 0 Å². The molecule has 3 rings (SSSR count). The monoisotopic (exact) mass is 483 g/mol. The first-order chi connectivity index (χ1) is 16.6. The van der Waals surface area contributed by atoms with Gasteiger partial charge in [-0.25, -0.2) is 14.8 Å². The van der Waals surface area contributed by atoms with E-state index in [1.54, 1.807) is 68.2 Å². The number of hydrogen-bond donors (Lipinski definition) is 1. The maximum atomic E-state index is 13.3. The van der Waals surface area contributed by atoms with Gasteiger partial charge in [-0.15, -0.1) is 0 Å². The second-order valence-corrected chi connectivity index (χ2v) is 9.07. The first-order valence-electron chi connectivity index (χ1n) is 12.1. The third kappa shape index (κ3) is 7.50. The summed E-state index contributed by atoms with van der Waals surface area (Å²) in [6, 6.07) is 6.73. The topological polar surface area (TPSA) is 105 Å². The minimum absolute atomic E-state index is 0.0194. The Morgan fingerprint density at radius 1 is 1.11 bits per heavy atom. The van der Waals surface area contributed by atoms with Crippen molar-refractivity contribution in [2.45, 2.75) is 66.0 Å². The number of carbonyl (C=O) groups excluding carboxylic acids is 3. The van der Waals surface area contributed by atoms with Gasteiger partial charge in [0.05, 0.1) is 0 Å². The van der Waals surface area contributed by atoms with Crippen LogP contribution in [0.2, 0.25) is 0 Å². The zero-order chi connectivity index (χ0) is 26.2. The van der Waals surface area contributed by atoms with Crippen molar-refractivity contribution in [1.29, 1.82) is 0 Å². The van der Waals surface area contributed by atoms with Crippen LogP contribution in [0.25, 0.3) is 11.1 Å². The van der Waals surface area contributed by atoms with Crippen molar-refractivity contribution in [2.75, 3.05) is 25.5 Å². The molecule has 0 radical (unpaired) electrons.